The minimum atomic E-state index is -0.219. The molecule has 0 spiro atoms. The lowest BCUT2D eigenvalue weighted by Gasteiger charge is -2.09. The van der Waals surface area contributed by atoms with Gasteiger partial charge in [0.25, 0.3) is 5.91 Å². The Labute approximate surface area is 138 Å². The van der Waals surface area contributed by atoms with Crippen molar-refractivity contribution in [2.45, 2.75) is 0 Å². The summed E-state index contributed by atoms with van der Waals surface area (Å²) in [5.74, 6) is 1.65. The van der Waals surface area contributed by atoms with Crippen molar-refractivity contribution in [3.63, 3.8) is 0 Å². The van der Waals surface area contributed by atoms with Gasteiger partial charge < -0.3 is 19.5 Å². The number of amides is 1. The average Bonchev–Trinajstić information content (AvgIpc) is 3.07. The monoisotopic (exact) mass is 321 g/mol. The van der Waals surface area contributed by atoms with Crippen molar-refractivity contribution < 1.29 is 19.0 Å². The molecule has 5 heteroatoms. The average molecular weight is 321 g/mol. The van der Waals surface area contributed by atoms with E-state index in [1.54, 1.807) is 18.2 Å². The highest BCUT2D eigenvalue weighted by molar-refractivity contribution is 5.95. The summed E-state index contributed by atoms with van der Waals surface area (Å²) in [7, 11) is 0. The fraction of sp³-hybridized carbons (Fsp3) is 0.105. The van der Waals surface area contributed by atoms with Gasteiger partial charge in [-0.05, 0) is 35.0 Å². The topological polar surface area (TPSA) is 56.8 Å². The van der Waals surface area contributed by atoms with Gasteiger partial charge in [-0.1, -0.05) is 30.3 Å². The van der Waals surface area contributed by atoms with E-state index in [4.69, 9.17) is 14.2 Å². The first-order valence-corrected chi connectivity index (χ1v) is 7.59. The fourth-order valence-corrected chi connectivity index (χ4v) is 2.58. The largest absolute Gasteiger partial charge is 0.484 e. The predicted molar refractivity (Wildman–Crippen MR) is 90.6 cm³/mol. The van der Waals surface area contributed by atoms with E-state index in [0.717, 1.165) is 16.5 Å². The summed E-state index contributed by atoms with van der Waals surface area (Å²) in [6.45, 7) is 0.133. The first kappa shape index (κ1) is 14.4. The third-order valence-electron chi connectivity index (χ3n) is 3.75. The molecule has 0 fully saturated rings. The van der Waals surface area contributed by atoms with Crippen molar-refractivity contribution in [3.8, 4) is 17.2 Å². The van der Waals surface area contributed by atoms with Gasteiger partial charge in [0.1, 0.15) is 5.75 Å². The van der Waals surface area contributed by atoms with Crippen LogP contribution in [-0.2, 0) is 4.79 Å². The molecule has 1 aliphatic rings. The van der Waals surface area contributed by atoms with Crippen LogP contribution in [0.5, 0.6) is 17.2 Å². The van der Waals surface area contributed by atoms with Gasteiger partial charge in [-0.15, -0.1) is 0 Å². The number of ether oxygens (including phenoxy) is 3. The molecule has 0 aliphatic carbocycles. The van der Waals surface area contributed by atoms with Gasteiger partial charge in [-0.3, -0.25) is 4.79 Å². The van der Waals surface area contributed by atoms with E-state index in [-0.39, 0.29) is 19.3 Å². The molecule has 1 amide bonds. The van der Waals surface area contributed by atoms with Crippen molar-refractivity contribution in [2.75, 3.05) is 18.7 Å². The fourth-order valence-electron chi connectivity index (χ4n) is 2.58. The summed E-state index contributed by atoms with van der Waals surface area (Å²) < 4.78 is 16.0. The number of carbonyl (C=O) groups is 1. The van der Waals surface area contributed by atoms with Crippen LogP contribution >= 0.6 is 0 Å². The SMILES string of the molecule is O=C(COc1ccc2c(c1)OCO2)Nc1ccc2ccccc2c1. The molecule has 0 atom stereocenters. The second-order valence-electron chi connectivity index (χ2n) is 5.41. The molecule has 0 unspecified atom stereocenters. The summed E-state index contributed by atoms with van der Waals surface area (Å²) in [5.41, 5.74) is 0.744. The number of nitrogens with one attached hydrogen (secondary N) is 1. The molecule has 0 aromatic heterocycles. The zero-order valence-electron chi connectivity index (χ0n) is 12.8. The molecule has 0 saturated heterocycles. The highest BCUT2D eigenvalue weighted by Crippen LogP contribution is 2.35. The first-order valence-electron chi connectivity index (χ1n) is 7.59. The molecule has 1 N–H and O–H groups in total. The molecule has 1 aliphatic heterocycles. The highest BCUT2D eigenvalue weighted by Gasteiger charge is 2.14. The Morgan fingerprint density at radius 3 is 2.71 bits per heavy atom. The number of carbonyl (C=O) groups excluding carboxylic acids is 1. The Balaban J connectivity index is 1.39. The van der Waals surface area contributed by atoms with Crippen molar-refractivity contribution >= 4 is 22.4 Å². The Hall–Kier alpha value is -3.21. The minimum Gasteiger partial charge on any atom is -0.484 e. The van der Waals surface area contributed by atoms with Crippen molar-refractivity contribution in [2.24, 2.45) is 0 Å². The van der Waals surface area contributed by atoms with Crippen molar-refractivity contribution in [1.29, 1.82) is 0 Å². The number of hydrogen-bond acceptors (Lipinski definition) is 4. The smallest absolute Gasteiger partial charge is 0.262 e. The zero-order valence-corrected chi connectivity index (χ0v) is 12.8. The van der Waals surface area contributed by atoms with Gasteiger partial charge >= 0.3 is 0 Å². The number of benzene rings is 3. The van der Waals surface area contributed by atoms with Crippen LogP contribution < -0.4 is 19.5 Å². The molecule has 24 heavy (non-hydrogen) atoms. The van der Waals surface area contributed by atoms with E-state index >= 15 is 0 Å². The van der Waals surface area contributed by atoms with Gasteiger partial charge in [-0.2, -0.15) is 0 Å². The number of anilines is 1. The number of rotatable bonds is 4. The van der Waals surface area contributed by atoms with Gasteiger partial charge in [0.2, 0.25) is 6.79 Å². The quantitative estimate of drug-likeness (QED) is 0.798. The normalized spacial score (nSPS) is 12.2. The highest BCUT2D eigenvalue weighted by atomic mass is 16.7. The van der Waals surface area contributed by atoms with Gasteiger partial charge in [0.15, 0.2) is 18.1 Å². The van der Waals surface area contributed by atoms with Gasteiger partial charge in [0, 0.05) is 11.8 Å². The maximum Gasteiger partial charge on any atom is 0.262 e. The maximum absolute atomic E-state index is 12.1. The molecule has 0 radical (unpaired) electrons. The second-order valence-corrected chi connectivity index (χ2v) is 5.41. The summed E-state index contributed by atoms with van der Waals surface area (Å²) in [5, 5.41) is 5.04. The second kappa shape index (κ2) is 6.12. The van der Waals surface area contributed by atoms with Crippen LogP contribution in [0.4, 0.5) is 5.69 Å². The summed E-state index contributed by atoms with van der Waals surface area (Å²) in [4.78, 5) is 12.1. The van der Waals surface area contributed by atoms with Gasteiger partial charge in [0.05, 0.1) is 0 Å². The van der Waals surface area contributed by atoms with Crippen LogP contribution in [0.15, 0.2) is 60.7 Å². The molecule has 0 bridgehead atoms. The molecular formula is C19H15NO4. The van der Waals surface area contributed by atoms with Crippen molar-refractivity contribution in [3.05, 3.63) is 60.7 Å². The molecule has 4 rings (SSSR count). The summed E-state index contributed by atoms with van der Waals surface area (Å²) in [6.07, 6.45) is 0. The third-order valence-corrected chi connectivity index (χ3v) is 3.75. The maximum atomic E-state index is 12.1. The molecule has 5 nitrogen and oxygen atoms in total. The van der Waals surface area contributed by atoms with Crippen LogP contribution in [0.3, 0.4) is 0 Å². The first-order chi connectivity index (χ1) is 11.8. The van der Waals surface area contributed by atoms with E-state index in [1.165, 1.54) is 0 Å². The van der Waals surface area contributed by atoms with Crippen LogP contribution in [0.2, 0.25) is 0 Å². The molecule has 0 saturated carbocycles. The summed E-state index contributed by atoms with van der Waals surface area (Å²) >= 11 is 0. The summed E-state index contributed by atoms with van der Waals surface area (Å²) in [6, 6.07) is 19.0. The standard InChI is InChI=1S/C19H15NO4/c21-19(11-22-16-7-8-17-18(10-16)24-12-23-17)20-15-6-5-13-3-1-2-4-14(13)9-15/h1-10H,11-12H2,(H,20,21). The molecule has 3 aromatic rings. The lowest BCUT2D eigenvalue weighted by Crippen LogP contribution is -2.20. The molecule has 120 valence electrons. The van der Waals surface area contributed by atoms with E-state index in [2.05, 4.69) is 5.32 Å². The van der Waals surface area contributed by atoms with Crippen LogP contribution in [0, 0.1) is 0 Å². The Morgan fingerprint density at radius 2 is 1.79 bits per heavy atom. The number of hydrogen-bond donors (Lipinski definition) is 1. The zero-order chi connectivity index (χ0) is 16.4. The van der Waals surface area contributed by atoms with E-state index < -0.39 is 0 Å². The van der Waals surface area contributed by atoms with Crippen LogP contribution in [0.1, 0.15) is 0 Å². The predicted octanol–water partition coefficient (Wildman–Crippen LogP) is 3.59. The van der Waals surface area contributed by atoms with E-state index in [9.17, 15) is 4.79 Å². The van der Waals surface area contributed by atoms with E-state index in [0.29, 0.717) is 17.2 Å². The molecular weight excluding hydrogens is 306 g/mol. The number of fused-ring (bicyclic) bond motifs is 2. The molecule has 1 heterocycles. The minimum absolute atomic E-state index is 0.0769. The van der Waals surface area contributed by atoms with Crippen molar-refractivity contribution in [1.82, 2.24) is 0 Å². The lowest BCUT2D eigenvalue weighted by atomic mass is 10.1. The van der Waals surface area contributed by atoms with E-state index in [1.807, 2.05) is 42.5 Å². The Bertz CT molecular complexity index is 907. The van der Waals surface area contributed by atoms with Gasteiger partial charge in [-0.25, -0.2) is 0 Å². The Morgan fingerprint density at radius 1 is 0.958 bits per heavy atom. The van der Waals surface area contributed by atoms with Crippen LogP contribution in [-0.4, -0.2) is 19.3 Å². The van der Waals surface area contributed by atoms with Crippen LogP contribution in [0.25, 0.3) is 10.8 Å². The molecule has 3 aromatic carbocycles. The Kier molecular flexibility index (Phi) is 3.67. The lowest BCUT2D eigenvalue weighted by molar-refractivity contribution is -0.118. The third kappa shape index (κ3) is 2.96.